The van der Waals surface area contributed by atoms with Gasteiger partial charge in [-0.25, -0.2) is 9.97 Å². The standard InChI is InChI=1S/C26H28N4O4S/c1-4-5-13-29-22-9-7-6-8-20(22)28-21(25(29)33)10-11-24(32)34-16-23(31)19-15-17(2)30(18(19)3)26-27-12-14-35-26/h6-9,12,14-15H,4-5,10-11,13,16H2,1-3H3. The van der Waals surface area contributed by atoms with E-state index in [1.54, 1.807) is 16.8 Å². The van der Waals surface area contributed by atoms with Crippen LogP contribution < -0.4 is 5.56 Å². The fourth-order valence-electron chi connectivity index (χ4n) is 4.13. The zero-order chi connectivity index (χ0) is 24.9. The number of benzene rings is 1. The molecule has 0 aliphatic rings. The van der Waals surface area contributed by atoms with E-state index in [2.05, 4.69) is 16.9 Å². The number of rotatable bonds is 10. The average molecular weight is 493 g/mol. The predicted molar refractivity (Wildman–Crippen MR) is 135 cm³/mol. The summed E-state index contributed by atoms with van der Waals surface area (Å²) in [4.78, 5) is 47.0. The zero-order valence-electron chi connectivity index (χ0n) is 20.1. The number of hydrogen-bond acceptors (Lipinski definition) is 7. The lowest BCUT2D eigenvalue weighted by molar-refractivity contribution is -0.142. The molecule has 0 N–H and O–H groups in total. The average Bonchev–Trinajstić information content (AvgIpc) is 3.48. The summed E-state index contributed by atoms with van der Waals surface area (Å²) in [6.07, 6.45) is 3.68. The van der Waals surface area contributed by atoms with Gasteiger partial charge in [-0.05, 0) is 38.5 Å². The van der Waals surface area contributed by atoms with Crippen LogP contribution in [0.5, 0.6) is 0 Å². The van der Waals surface area contributed by atoms with E-state index in [1.807, 2.05) is 48.1 Å². The number of Topliss-reactive ketones (excluding diaryl/α,β-unsaturated/α-hetero) is 1. The Kier molecular flexibility index (Phi) is 7.55. The summed E-state index contributed by atoms with van der Waals surface area (Å²) in [5, 5.41) is 2.66. The zero-order valence-corrected chi connectivity index (χ0v) is 20.9. The smallest absolute Gasteiger partial charge is 0.306 e. The topological polar surface area (TPSA) is 96.1 Å². The highest BCUT2D eigenvalue weighted by molar-refractivity contribution is 7.12. The maximum atomic E-state index is 13.0. The van der Waals surface area contributed by atoms with Gasteiger partial charge in [0.25, 0.3) is 5.56 Å². The molecule has 0 aliphatic carbocycles. The quantitative estimate of drug-likeness (QED) is 0.240. The molecule has 0 aliphatic heterocycles. The molecule has 0 fully saturated rings. The number of ether oxygens (including phenoxy) is 1. The van der Waals surface area contributed by atoms with E-state index in [0.29, 0.717) is 17.8 Å². The first-order valence-electron chi connectivity index (χ1n) is 11.7. The number of aromatic nitrogens is 4. The number of nitrogens with zero attached hydrogens (tertiary/aromatic N) is 4. The third-order valence-corrected chi connectivity index (χ3v) is 6.68. The molecule has 9 heteroatoms. The van der Waals surface area contributed by atoms with Crippen LogP contribution in [0.3, 0.4) is 0 Å². The first-order chi connectivity index (χ1) is 16.9. The van der Waals surface area contributed by atoms with Gasteiger partial charge in [0.1, 0.15) is 5.69 Å². The molecule has 0 saturated heterocycles. The van der Waals surface area contributed by atoms with Gasteiger partial charge in [-0.1, -0.05) is 25.5 Å². The van der Waals surface area contributed by atoms with Crippen molar-refractivity contribution in [1.82, 2.24) is 19.1 Å². The molecule has 0 radical (unpaired) electrons. The normalized spacial score (nSPS) is 11.2. The van der Waals surface area contributed by atoms with Crippen molar-refractivity contribution >= 4 is 34.1 Å². The second-order valence-corrected chi connectivity index (χ2v) is 9.25. The van der Waals surface area contributed by atoms with Crippen LogP contribution in [0.2, 0.25) is 0 Å². The third-order valence-electron chi connectivity index (χ3n) is 5.93. The summed E-state index contributed by atoms with van der Waals surface area (Å²) in [6, 6.07) is 9.28. The van der Waals surface area contributed by atoms with Crippen LogP contribution in [-0.2, 0) is 22.5 Å². The molecule has 3 aromatic heterocycles. The number of aryl methyl sites for hydroxylation is 3. The minimum Gasteiger partial charge on any atom is -0.457 e. The first-order valence-corrected chi connectivity index (χ1v) is 12.5. The highest BCUT2D eigenvalue weighted by atomic mass is 32.1. The molecular weight excluding hydrogens is 464 g/mol. The number of carbonyl (C=O) groups is 2. The fraction of sp³-hybridized carbons (Fsp3) is 0.346. The van der Waals surface area contributed by atoms with Gasteiger partial charge in [-0.2, -0.15) is 0 Å². The van der Waals surface area contributed by atoms with Gasteiger partial charge in [0.05, 0.1) is 17.5 Å². The van der Waals surface area contributed by atoms with Crippen LogP contribution in [-0.4, -0.2) is 37.5 Å². The molecular formula is C26H28N4O4S. The lowest BCUT2D eigenvalue weighted by Gasteiger charge is -2.12. The van der Waals surface area contributed by atoms with E-state index < -0.39 is 5.97 Å². The number of unbranched alkanes of at least 4 members (excludes halogenated alkanes) is 1. The number of carbonyl (C=O) groups excluding carboxylic acids is 2. The number of esters is 1. The van der Waals surface area contributed by atoms with Crippen molar-refractivity contribution in [2.24, 2.45) is 0 Å². The van der Waals surface area contributed by atoms with E-state index in [1.165, 1.54) is 11.3 Å². The molecule has 4 rings (SSSR count). The van der Waals surface area contributed by atoms with Crippen molar-refractivity contribution in [1.29, 1.82) is 0 Å². The van der Waals surface area contributed by atoms with Crippen LogP contribution >= 0.6 is 11.3 Å². The first kappa shape index (κ1) is 24.5. The largest absolute Gasteiger partial charge is 0.457 e. The lowest BCUT2D eigenvalue weighted by atomic mass is 10.1. The van der Waals surface area contributed by atoms with E-state index in [-0.39, 0.29) is 30.8 Å². The van der Waals surface area contributed by atoms with Gasteiger partial charge < -0.3 is 9.30 Å². The monoisotopic (exact) mass is 492 g/mol. The van der Waals surface area contributed by atoms with Crippen molar-refractivity contribution < 1.29 is 14.3 Å². The fourth-order valence-corrected chi connectivity index (χ4v) is 4.88. The minimum absolute atomic E-state index is 0.0280. The Hall–Kier alpha value is -3.59. The molecule has 0 amide bonds. The summed E-state index contributed by atoms with van der Waals surface area (Å²) in [5.41, 5.74) is 3.79. The molecule has 0 atom stereocenters. The number of thiazole rings is 1. The Labute approximate surface area is 207 Å². The SMILES string of the molecule is CCCCn1c(=O)c(CCC(=O)OCC(=O)c2cc(C)n(-c3nccs3)c2C)nc2ccccc21. The molecule has 182 valence electrons. The number of para-hydroxylation sites is 2. The lowest BCUT2D eigenvalue weighted by Crippen LogP contribution is -2.26. The summed E-state index contributed by atoms with van der Waals surface area (Å²) in [6.45, 7) is 6.07. The maximum absolute atomic E-state index is 13.0. The van der Waals surface area contributed by atoms with Crippen LogP contribution in [0.1, 0.15) is 53.6 Å². The van der Waals surface area contributed by atoms with Crippen molar-refractivity contribution in [3.8, 4) is 5.13 Å². The van der Waals surface area contributed by atoms with Gasteiger partial charge in [-0.3, -0.25) is 19.0 Å². The molecule has 8 nitrogen and oxygen atoms in total. The Balaban J connectivity index is 1.41. The summed E-state index contributed by atoms with van der Waals surface area (Å²) in [7, 11) is 0. The van der Waals surface area contributed by atoms with Crippen LogP contribution in [0.15, 0.2) is 46.7 Å². The Morgan fingerprint density at radius 3 is 2.71 bits per heavy atom. The minimum atomic E-state index is -0.540. The molecule has 35 heavy (non-hydrogen) atoms. The molecule has 0 spiro atoms. The van der Waals surface area contributed by atoms with Gasteiger partial charge >= 0.3 is 5.97 Å². The van der Waals surface area contributed by atoms with E-state index in [0.717, 1.165) is 40.4 Å². The van der Waals surface area contributed by atoms with Gasteiger partial charge in [0, 0.05) is 41.5 Å². The Morgan fingerprint density at radius 1 is 1.17 bits per heavy atom. The van der Waals surface area contributed by atoms with Gasteiger partial charge in [0.15, 0.2) is 11.7 Å². The van der Waals surface area contributed by atoms with Crippen LogP contribution in [0.25, 0.3) is 16.2 Å². The van der Waals surface area contributed by atoms with Crippen molar-refractivity contribution in [2.45, 2.75) is 53.0 Å². The number of ketones is 1. The number of fused-ring (bicyclic) bond motifs is 1. The van der Waals surface area contributed by atoms with E-state index in [4.69, 9.17) is 4.74 Å². The second kappa shape index (κ2) is 10.8. The van der Waals surface area contributed by atoms with Crippen LogP contribution in [0.4, 0.5) is 0 Å². The molecule has 0 saturated carbocycles. The highest BCUT2D eigenvalue weighted by Gasteiger charge is 2.19. The highest BCUT2D eigenvalue weighted by Crippen LogP contribution is 2.22. The Bertz CT molecular complexity index is 1420. The van der Waals surface area contributed by atoms with Crippen molar-refractivity contribution in [2.75, 3.05) is 6.61 Å². The molecule has 3 heterocycles. The third kappa shape index (κ3) is 5.24. The number of hydrogen-bond donors (Lipinski definition) is 0. The Morgan fingerprint density at radius 2 is 1.97 bits per heavy atom. The summed E-state index contributed by atoms with van der Waals surface area (Å²) in [5.74, 6) is -0.818. The van der Waals surface area contributed by atoms with E-state index in [9.17, 15) is 14.4 Å². The summed E-state index contributed by atoms with van der Waals surface area (Å²) < 4.78 is 8.89. The predicted octanol–water partition coefficient (Wildman–Crippen LogP) is 4.42. The molecule has 4 aromatic rings. The molecule has 1 aromatic carbocycles. The second-order valence-electron chi connectivity index (χ2n) is 8.38. The van der Waals surface area contributed by atoms with E-state index >= 15 is 0 Å². The summed E-state index contributed by atoms with van der Waals surface area (Å²) >= 11 is 1.48. The van der Waals surface area contributed by atoms with Gasteiger partial charge in [0.2, 0.25) is 5.78 Å². The molecule has 0 unspecified atom stereocenters. The van der Waals surface area contributed by atoms with Crippen molar-refractivity contribution in [3.05, 3.63) is 74.9 Å². The van der Waals surface area contributed by atoms with Gasteiger partial charge in [-0.15, -0.1) is 11.3 Å². The van der Waals surface area contributed by atoms with Crippen LogP contribution in [0, 0.1) is 13.8 Å². The van der Waals surface area contributed by atoms with Crippen molar-refractivity contribution in [3.63, 3.8) is 0 Å². The maximum Gasteiger partial charge on any atom is 0.306 e. The molecule has 0 bridgehead atoms.